The van der Waals surface area contributed by atoms with Crippen LogP contribution in [0.1, 0.15) is 12.5 Å². The summed E-state index contributed by atoms with van der Waals surface area (Å²) in [7, 11) is 0. The number of aryl methyl sites for hydroxylation is 1. The van der Waals surface area contributed by atoms with Crippen molar-refractivity contribution in [2.75, 3.05) is 5.75 Å². The number of carbonyl (C=O) groups excluding carboxylic acids is 1. The molecule has 0 radical (unpaired) electrons. The van der Waals surface area contributed by atoms with E-state index in [4.69, 9.17) is 5.11 Å². The molecule has 0 aliphatic carbocycles. The largest absolute Gasteiger partial charge is 0.480 e. The minimum absolute atomic E-state index is 0.240. The molecule has 0 spiro atoms. The van der Waals surface area contributed by atoms with Gasteiger partial charge in [0.15, 0.2) is 0 Å². The van der Waals surface area contributed by atoms with Crippen molar-refractivity contribution in [3.8, 4) is 0 Å². The van der Waals surface area contributed by atoms with Crippen molar-refractivity contribution in [3.05, 3.63) is 22.3 Å². The first-order valence-electron chi connectivity index (χ1n) is 5.15. The van der Waals surface area contributed by atoms with E-state index in [9.17, 15) is 9.59 Å². The Labute approximate surface area is 117 Å². The average Bonchev–Trinajstić information content (AvgIpc) is 2.25. The summed E-state index contributed by atoms with van der Waals surface area (Å²) in [6.07, 6.45) is 1.66. The molecule has 0 saturated carbocycles. The fourth-order valence-corrected chi connectivity index (χ4v) is 2.67. The first kappa shape index (κ1) is 15.0. The van der Waals surface area contributed by atoms with Crippen molar-refractivity contribution in [3.63, 3.8) is 0 Å². The van der Waals surface area contributed by atoms with Gasteiger partial charge in [-0.3, -0.25) is 4.79 Å². The van der Waals surface area contributed by atoms with Gasteiger partial charge in [-0.2, -0.15) is 0 Å². The highest BCUT2D eigenvalue weighted by Gasteiger charge is 2.19. The van der Waals surface area contributed by atoms with Gasteiger partial charge in [0, 0.05) is 23.3 Å². The maximum atomic E-state index is 10.9. The number of halogens is 1. The number of aliphatic carboxylic acids is 1. The van der Waals surface area contributed by atoms with Crippen molar-refractivity contribution in [1.82, 2.24) is 10.3 Å². The lowest BCUT2D eigenvalue weighted by molar-refractivity contribution is -0.140. The molecule has 1 atom stereocenters. The number of nitrogens with zero attached hydrogens (tertiary/aromatic N) is 1. The quantitative estimate of drug-likeness (QED) is 0.804. The van der Waals surface area contributed by atoms with Crippen molar-refractivity contribution in [2.45, 2.75) is 24.9 Å². The third-order valence-electron chi connectivity index (χ3n) is 2.06. The second kappa shape index (κ2) is 6.75. The van der Waals surface area contributed by atoms with E-state index in [1.165, 1.54) is 18.7 Å². The van der Waals surface area contributed by atoms with Crippen LogP contribution in [-0.4, -0.2) is 33.8 Å². The van der Waals surface area contributed by atoms with E-state index in [-0.39, 0.29) is 11.7 Å². The van der Waals surface area contributed by atoms with Crippen LogP contribution < -0.4 is 5.32 Å². The van der Waals surface area contributed by atoms with Gasteiger partial charge in [-0.1, -0.05) is 0 Å². The number of rotatable bonds is 5. The third kappa shape index (κ3) is 4.66. The molecule has 0 aromatic carbocycles. The molecule has 1 aromatic heterocycles. The maximum Gasteiger partial charge on any atom is 0.327 e. The molecule has 0 bridgehead atoms. The highest BCUT2D eigenvalue weighted by atomic mass is 79.9. The summed E-state index contributed by atoms with van der Waals surface area (Å²) in [5, 5.41) is 12.1. The van der Waals surface area contributed by atoms with E-state index in [0.717, 1.165) is 15.1 Å². The zero-order valence-corrected chi connectivity index (χ0v) is 12.3. The number of carboxylic acids is 1. The number of hydrogen-bond acceptors (Lipinski definition) is 4. The second-order valence-electron chi connectivity index (χ2n) is 3.68. The number of carbonyl (C=O) groups is 2. The van der Waals surface area contributed by atoms with Gasteiger partial charge in [0.25, 0.3) is 0 Å². The van der Waals surface area contributed by atoms with Gasteiger partial charge >= 0.3 is 5.97 Å². The Morgan fingerprint density at radius 3 is 2.78 bits per heavy atom. The lowest BCUT2D eigenvalue weighted by Gasteiger charge is -2.13. The predicted molar refractivity (Wildman–Crippen MR) is 72.6 cm³/mol. The van der Waals surface area contributed by atoms with Crippen LogP contribution in [0, 0.1) is 6.92 Å². The summed E-state index contributed by atoms with van der Waals surface area (Å²) >= 11 is 4.62. The molecule has 98 valence electrons. The van der Waals surface area contributed by atoms with Crippen LogP contribution in [0.3, 0.4) is 0 Å². The molecular formula is C11H13BrN2O3S. The lowest BCUT2D eigenvalue weighted by Crippen LogP contribution is -2.41. The molecule has 0 saturated heterocycles. The summed E-state index contributed by atoms with van der Waals surface area (Å²) in [6.45, 7) is 3.19. The van der Waals surface area contributed by atoms with Crippen LogP contribution >= 0.6 is 27.7 Å². The summed E-state index contributed by atoms with van der Waals surface area (Å²) < 4.78 is 0.876. The molecule has 7 heteroatoms. The SMILES string of the molecule is CC(=O)NC(CSc1ncc(Br)cc1C)C(=O)O. The van der Waals surface area contributed by atoms with Crippen LogP contribution in [0.25, 0.3) is 0 Å². The zero-order valence-electron chi connectivity index (χ0n) is 9.94. The molecule has 0 aliphatic heterocycles. The molecule has 5 nitrogen and oxygen atoms in total. The fraction of sp³-hybridized carbons (Fsp3) is 0.364. The zero-order chi connectivity index (χ0) is 13.7. The van der Waals surface area contributed by atoms with Crippen LogP contribution in [0.2, 0.25) is 0 Å². The number of hydrogen-bond donors (Lipinski definition) is 2. The molecule has 1 rings (SSSR count). The molecule has 18 heavy (non-hydrogen) atoms. The molecule has 0 aliphatic rings. The van der Waals surface area contributed by atoms with Gasteiger partial charge in [0.1, 0.15) is 6.04 Å². The monoisotopic (exact) mass is 332 g/mol. The second-order valence-corrected chi connectivity index (χ2v) is 5.60. The summed E-state index contributed by atoms with van der Waals surface area (Å²) in [5.41, 5.74) is 0.960. The van der Waals surface area contributed by atoms with Gasteiger partial charge in [-0.05, 0) is 34.5 Å². The van der Waals surface area contributed by atoms with Gasteiger partial charge in [0.05, 0.1) is 5.03 Å². The van der Waals surface area contributed by atoms with Gasteiger partial charge < -0.3 is 10.4 Å². The van der Waals surface area contributed by atoms with E-state index >= 15 is 0 Å². The Hall–Kier alpha value is -1.08. The Morgan fingerprint density at radius 1 is 1.61 bits per heavy atom. The number of aromatic nitrogens is 1. The number of carboxylic acid groups (broad SMARTS) is 1. The first-order valence-corrected chi connectivity index (χ1v) is 6.93. The average molecular weight is 333 g/mol. The lowest BCUT2D eigenvalue weighted by atomic mass is 10.3. The number of nitrogens with one attached hydrogen (secondary N) is 1. The van der Waals surface area contributed by atoms with Crippen LogP contribution in [0.5, 0.6) is 0 Å². The fourth-order valence-electron chi connectivity index (χ4n) is 1.26. The van der Waals surface area contributed by atoms with Crippen LogP contribution in [0.15, 0.2) is 21.8 Å². The molecule has 2 N–H and O–H groups in total. The van der Waals surface area contributed by atoms with Crippen LogP contribution in [0.4, 0.5) is 0 Å². The van der Waals surface area contributed by atoms with Crippen molar-refractivity contribution >= 4 is 39.6 Å². The Kier molecular flexibility index (Phi) is 5.61. The topological polar surface area (TPSA) is 79.3 Å². The smallest absolute Gasteiger partial charge is 0.327 e. The molecule has 1 amide bonds. The molecule has 1 heterocycles. The standard InChI is InChI=1S/C11H13BrN2O3S/c1-6-3-8(12)4-13-10(6)18-5-9(11(16)17)14-7(2)15/h3-4,9H,5H2,1-2H3,(H,14,15)(H,16,17). The van der Waals surface area contributed by atoms with E-state index in [0.29, 0.717) is 0 Å². The van der Waals surface area contributed by atoms with Crippen molar-refractivity contribution in [2.24, 2.45) is 0 Å². The third-order valence-corrected chi connectivity index (χ3v) is 3.69. The Bertz CT molecular complexity index is 468. The summed E-state index contributed by atoms with van der Waals surface area (Å²) in [6, 6.07) is 1.00. The molecule has 1 aromatic rings. The highest BCUT2D eigenvalue weighted by molar-refractivity contribution is 9.10. The van der Waals surface area contributed by atoms with E-state index in [1.807, 2.05) is 13.0 Å². The molecular weight excluding hydrogens is 320 g/mol. The van der Waals surface area contributed by atoms with Gasteiger partial charge in [-0.25, -0.2) is 9.78 Å². The number of thioether (sulfide) groups is 1. The number of pyridine rings is 1. The van der Waals surface area contributed by atoms with Crippen LogP contribution in [-0.2, 0) is 9.59 Å². The van der Waals surface area contributed by atoms with E-state index < -0.39 is 12.0 Å². The van der Waals surface area contributed by atoms with Gasteiger partial charge in [-0.15, -0.1) is 11.8 Å². The minimum Gasteiger partial charge on any atom is -0.480 e. The number of amides is 1. The molecule has 0 fully saturated rings. The summed E-state index contributed by atoms with van der Waals surface area (Å²) in [5.74, 6) is -1.17. The summed E-state index contributed by atoms with van der Waals surface area (Å²) in [4.78, 5) is 26.0. The maximum absolute atomic E-state index is 10.9. The van der Waals surface area contributed by atoms with E-state index in [2.05, 4.69) is 26.2 Å². The van der Waals surface area contributed by atoms with Crippen molar-refractivity contribution in [1.29, 1.82) is 0 Å². The van der Waals surface area contributed by atoms with Crippen molar-refractivity contribution < 1.29 is 14.7 Å². The minimum atomic E-state index is -1.05. The highest BCUT2D eigenvalue weighted by Crippen LogP contribution is 2.23. The molecule has 1 unspecified atom stereocenters. The van der Waals surface area contributed by atoms with Gasteiger partial charge in [0.2, 0.25) is 5.91 Å². The first-order chi connectivity index (χ1) is 8.40. The van der Waals surface area contributed by atoms with E-state index in [1.54, 1.807) is 6.20 Å². The predicted octanol–water partition coefficient (Wildman–Crippen LogP) is 1.83. The Balaban J connectivity index is 2.66. The normalized spacial score (nSPS) is 11.9. The Morgan fingerprint density at radius 2 is 2.28 bits per heavy atom.